The van der Waals surface area contributed by atoms with Crippen LogP contribution in [0, 0.1) is 5.41 Å². The number of hydrogen-bond acceptors (Lipinski definition) is 5. The zero-order valence-corrected chi connectivity index (χ0v) is 11.8. The standard InChI is InChI=1S/C10H22N2O5S/c1-4-17-9(14)12-18(15,16)11-8-10(2,3)6-5-7-13/h11,13H,4-8H2,1-3H3,(H,12,14). The fourth-order valence-corrected chi connectivity index (χ4v) is 2.17. The van der Waals surface area contributed by atoms with E-state index in [2.05, 4.69) is 9.46 Å². The molecule has 0 unspecified atom stereocenters. The van der Waals surface area contributed by atoms with Crippen LogP contribution in [0.25, 0.3) is 0 Å². The molecule has 1 amide bonds. The van der Waals surface area contributed by atoms with Gasteiger partial charge >= 0.3 is 16.3 Å². The second-order valence-electron chi connectivity index (χ2n) is 4.64. The minimum absolute atomic E-state index is 0.0667. The maximum atomic E-state index is 11.5. The molecule has 0 bridgehead atoms. The van der Waals surface area contributed by atoms with Crippen molar-refractivity contribution in [3.63, 3.8) is 0 Å². The Morgan fingerprint density at radius 1 is 1.39 bits per heavy atom. The van der Waals surface area contributed by atoms with Gasteiger partial charge in [0.2, 0.25) is 0 Å². The fourth-order valence-electron chi connectivity index (χ4n) is 1.24. The van der Waals surface area contributed by atoms with Crippen LogP contribution in [-0.4, -0.2) is 39.4 Å². The number of ether oxygens (including phenoxy) is 1. The molecule has 0 aliphatic heterocycles. The first-order valence-corrected chi connectivity index (χ1v) is 7.26. The molecule has 0 aromatic heterocycles. The second kappa shape index (κ2) is 7.55. The molecule has 7 nitrogen and oxygen atoms in total. The van der Waals surface area contributed by atoms with E-state index in [4.69, 9.17) is 5.11 Å². The molecule has 0 aliphatic rings. The molecule has 3 N–H and O–H groups in total. The Labute approximate surface area is 108 Å². The van der Waals surface area contributed by atoms with Gasteiger partial charge in [-0.15, -0.1) is 0 Å². The molecule has 0 radical (unpaired) electrons. The Morgan fingerprint density at radius 2 is 2.00 bits per heavy atom. The molecular formula is C10H22N2O5S. The smallest absolute Gasteiger partial charge is 0.421 e. The highest BCUT2D eigenvalue weighted by atomic mass is 32.2. The van der Waals surface area contributed by atoms with Gasteiger partial charge < -0.3 is 9.84 Å². The summed E-state index contributed by atoms with van der Waals surface area (Å²) < 4.78 is 31.4. The summed E-state index contributed by atoms with van der Waals surface area (Å²) in [6.07, 6.45) is 0.268. The van der Waals surface area contributed by atoms with Gasteiger partial charge in [0.25, 0.3) is 0 Å². The van der Waals surface area contributed by atoms with Gasteiger partial charge in [0.1, 0.15) is 0 Å². The summed E-state index contributed by atoms with van der Waals surface area (Å²) in [5.74, 6) is 0. The first-order chi connectivity index (χ1) is 8.22. The third kappa shape index (κ3) is 8.26. The first-order valence-electron chi connectivity index (χ1n) is 5.77. The van der Waals surface area contributed by atoms with E-state index in [1.165, 1.54) is 0 Å². The molecule has 0 saturated carbocycles. The zero-order chi connectivity index (χ0) is 14.2. The Morgan fingerprint density at radius 3 is 2.50 bits per heavy atom. The van der Waals surface area contributed by atoms with E-state index < -0.39 is 16.3 Å². The van der Waals surface area contributed by atoms with Crippen LogP contribution in [-0.2, 0) is 14.9 Å². The van der Waals surface area contributed by atoms with Crippen LogP contribution in [0.1, 0.15) is 33.6 Å². The zero-order valence-electron chi connectivity index (χ0n) is 11.0. The Balaban J connectivity index is 4.21. The lowest BCUT2D eigenvalue weighted by Crippen LogP contribution is -2.44. The summed E-state index contributed by atoms with van der Waals surface area (Å²) in [5, 5.41) is 8.72. The number of carbonyl (C=O) groups excluding carboxylic acids is 1. The molecule has 0 heterocycles. The summed E-state index contributed by atoms with van der Waals surface area (Å²) in [7, 11) is -3.90. The van der Waals surface area contributed by atoms with E-state index >= 15 is 0 Å². The molecule has 0 aromatic rings. The largest absolute Gasteiger partial charge is 0.449 e. The molecule has 0 aliphatic carbocycles. The Bertz CT molecular complexity index is 353. The van der Waals surface area contributed by atoms with Crippen LogP contribution in [0.5, 0.6) is 0 Å². The number of amides is 1. The summed E-state index contributed by atoms with van der Waals surface area (Å²) in [4.78, 5) is 11.0. The molecular weight excluding hydrogens is 260 g/mol. The quantitative estimate of drug-likeness (QED) is 0.596. The van der Waals surface area contributed by atoms with Crippen molar-refractivity contribution in [2.45, 2.75) is 33.6 Å². The third-order valence-electron chi connectivity index (χ3n) is 2.25. The van der Waals surface area contributed by atoms with Crippen LogP contribution in [0.2, 0.25) is 0 Å². The highest BCUT2D eigenvalue weighted by Crippen LogP contribution is 2.20. The highest BCUT2D eigenvalue weighted by molar-refractivity contribution is 7.88. The summed E-state index contributed by atoms with van der Waals surface area (Å²) in [6.45, 7) is 5.66. The molecule has 18 heavy (non-hydrogen) atoms. The van der Waals surface area contributed by atoms with Crippen molar-refractivity contribution in [1.82, 2.24) is 9.44 Å². The Kier molecular flexibility index (Phi) is 7.19. The summed E-state index contributed by atoms with van der Waals surface area (Å²) in [5.41, 5.74) is -0.299. The van der Waals surface area contributed by atoms with Crippen molar-refractivity contribution in [3.8, 4) is 0 Å². The van der Waals surface area contributed by atoms with Gasteiger partial charge in [-0.25, -0.2) is 9.52 Å². The molecule has 8 heteroatoms. The second-order valence-corrected chi connectivity index (χ2v) is 6.14. The van der Waals surface area contributed by atoms with Gasteiger partial charge in [0, 0.05) is 13.2 Å². The monoisotopic (exact) mass is 282 g/mol. The summed E-state index contributed by atoms with van der Waals surface area (Å²) in [6, 6.07) is 0. The van der Waals surface area contributed by atoms with Gasteiger partial charge in [-0.05, 0) is 25.2 Å². The predicted molar refractivity (Wildman–Crippen MR) is 67.2 cm³/mol. The average molecular weight is 282 g/mol. The van der Waals surface area contributed by atoms with Gasteiger partial charge in [0.15, 0.2) is 0 Å². The maximum absolute atomic E-state index is 11.5. The van der Waals surface area contributed by atoms with E-state index in [0.717, 1.165) is 0 Å². The lowest BCUT2D eigenvalue weighted by molar-refractivity contribution is 0.158. The van der Waals surface area contributed by atoms with E-state index in [9.17, 15) is 13.2 Å². The number of carbonyl (C=O) groups is 1. The van der Waals surface area contributed by atoms with Crippen LogP contribution in [0.4, 0.5) is 4.79 Å². The van der Waals surface area contributed by atoms with Crippen LogP contribution < -0.4 is 9.44 Å². The Hall–Kier alpha value is -0.860. The minimum atomic E-state index is -3.90. The molecule has 0 aromatic carbocycles. The lowest BCUT2D eigenvalue weighted by atomic mass is 9.88. The number of hydrogen-bond donors (Lipinski definition) is 3. The van der Waals surface area contributed by atoms with Crippen LogP contribution in [0.15, 0.2) is 0 Å². The molecule has 108 valence electrons. The van der Waals surface area contributed by atoms with Crippen molar-refractivity contribution in [2.75, 3.05) is 19.8 Å². The van der Waals surface area contributed by atoms with E-state index in [1.54, 1.807) is 11.6 Å². The van der Waals surface area contributed by atoms with Gasteiger partial charge in [-0.2, -0.15) is 13.1 Å². The minimum Gasteiger partial charge on any atom is -0.449 e. The van der Waals surface area contributed by atoms with Crippen LogP contribution in [0.3, 0.4) is 0 Å². The van der Waals surface area contributed by atoms with Gasteiger partial charge in [-0.3, -0.25) is 0 Å². The number of aliphatic hydroxyl groups is 1. The third-order valence-corrected chi connectivity index (χ3v) is 3.21. The van der Waals surface area contributed by atoms with Crippen molar-refractivity contribution in [1.29, 1.82) is 0 Å². The predicted octanol–water partition coefficient (Wildman–Crippen LogP) is 0.366. The van der Waals surface area contributed by atoms with Gasteiger partial charge in [-0.1, -0.05) is 13.8 Å². The maximum Gasteiger partial charge on any atom is 0.421 e. The topological polar surface area (TPSA) is 105 Å². The van der Waals surface area contributed by atoms with Crippen molar-refractivity contribution in [2.24, 2.45) is 5.41 Å². The number of aliphatic hydroxyl groups excluding tert-OH is 1. The van der Waals surface area contributed by atoms with Crippen LogP contribution >= 0.6 is 0 Å². The average Bonchev–Trinajstić information content (AvgIpc) is 2.24. The van der Waals surface area contributed by atoms with E-state index in [1.807, 2.05) is 13.8 Å². The fraction of sp³-hybridized carbons (Fsp3) is 0.900. The summed E-state index contributed by atoms with van der Waals surface area (Å²) >= 11 is 0. The van der Waals surface area contributed by atoms with Crippen molar-refractivity contribution >= 4 is 16.3 Å². The first kappa shape index (κ1) is 17.1. The molecule has 0 rings (SSSR count). The molecule has 0 fully saturated rings. The van der Waals surface area contributed by atoms with Crippen molar-refractivity contribution < 1.29 is 23.1 Å². The number of rotatable bonds is 8. The molecule has 0 atom stereocenters. The molecule has 0 spiro atoms. The van der Waals surface area contributed by atoms with Crippen molar-refractivity contribution in [3.05, 3.63) is 0 Å². The van der Waals surface area contributed by atoms with Gasteiger partial charge in [0.05, 0.1) is 6.61 Å². The number of nitrogens with one attached hydrogen (secondary N) is 2. The van der Waals surface area contributed by atoms with E-state index in [-0.39, 0.29) is 25.2 Å². The highest BCUT2D eigenvalue weighted by Gasteiger charge is 2.22. The SMILES string of the molecule is CCOC(=O)NS(=O)(=O)NCC(C)(C)CCCO. The lowest BCUT2D eigenvalue weighted by Gasteiger charge is -2.24. The molecule has 0 saturated heterocycles. The normalized spacial score (nSPS) is 12.2. The van der Waals surface area contributed by atoms with E-state index in [0.29, 0.717) is 12.8 Å².